The molecule has 0 aromatic rings. The Labute approximate surface area is 154 Å². The van der Waals surface area contributed by atoms with Gasteiger partial charge in [0.2, 0.25) is 0 Å². The first kappa shape index (κ1) is 19.5. The summed E-state index contributed by atoms with van der Waals surface area (Å²) in [4.78, 5) is 13.0. The smallest absolute Gasteiger partial charge is 0.445 e. The Balaban J connectivity index is 0.00000324. The fourth-order valence-electron chi connectivity index (χ4n) is 1.68. The molecule has 0 unspecified atom stereocenters. The molecular formula is C11H18BF3KNO2. The van der Waals surface area contributed by atoms with Gasteiger partial charge >= 0.3 is 64.5 Å². The number of hydrogen-bond acceptors (Lipinski definition) is 2. The number of hydrogen-bond donors (Lipinski definition) is 0. The van der Waals surface area contributed by atoms with Crippen molar-refractivity contribution >= 4 is 13.1 Å². The number of amides is 1. The second kappa shape index (κ2) is 6.98. The van der Waals surface area contributed by atoms with Crippen molar-refractivity contribution in [2.75, 3.05) is 13.1 Å². The molecule has 1 fully saturated rings. The molecule has 0 aromatic carbocycles. The Bertz CT molecular complexity index is 360. The zero-order chi connectivity index (χ0) is 14.1. The molecule has 0 bridgehead atoms. The summed E-state index contributed by atoms with van der Waals surface area (Å²) in [7, 11) is 0. The molecule has 1 rings (SSSR count). The van der Waals surface area contributed by atoms with Crippen LogP contribution in [-0.2, 0) is 4.74 Å². The molecule has 0 atom stereocenters. The van der Waals surface area contributed by atoms with Crippen molar-refractivity contribution in [1.29, 1.82) is 0 Å². The fourth-order valence-corrected chi connectivity index (χ4v) is 1.68. The van der Waals surface area contributed by atoms with Gasteiger partial charge in [-0.1, -0.05) is 0 Å². The summed E-state index contributed by atoms with van der Waals surface area (Å²) in [5.41, 5.74) is -0.301. The van der Waals surface area contributed by atoms with Gasteiger partial charge in [0.1, 0.15) is 5.60 Å². The number of halogens is 3. The van der Waals surface area contributed by atoms with E-state index < -0.39 is 18.7 Å². The molecule has 1 heterocycles. The Kier molecular flexibility index (Phi) is 7.16. The van der Waals surface area contributed by atoms with Crippen molar-refractivity contribution < 1.29 is 73.9 Å². The van der Waals surface area contributed by atoms with E-state index in [0.717, 1.165) is 0 Å². The van der Waals surface area contributed by atoms with E-state index in [9.17, 15) is 17.7 Å². The molecule has 104 valence electrons. The number of rotatable bonds is 2. The van der Waals surface area contributed by atoms with Gasteiger partial charge in [0.25, 0.3) is 0 Å². The molecule has 1 aliphatic rings. The summed E-state index contributed by atoms with van der Waals surface area (Å²) in [6.07, 6.45) is -0.468. The van der Waals surface area contributed by atoms with Crippen molar-refractivity contribution in [2.45, 2.75) is 33.3 Å². The third kappa shape index (κ3) is 7.17. The van der Waals surface area contributed by atoms with Gasteiger partial charge in [-0.15, -0.1) is 11.5 Å². The largest absolute Gasteiger partial charge is 1.00 e. The SMILES string of the molecule is C/C(=C\[B-](F)(F)F)C1CN(C(=O)OC(C)(C)C)C1.[K+]. The predicted molar refractivity (Wildman–Crippen MR) is 64.1 cm³/mol. The average molecular weight is 303 g/mol. The third-order valence-corrected chi connectivity index (χ3v) is 2.63. The molecular weight excluding hydrogens is 285 g/mol. The van der Waals surface area contributed by atoms with Crippen LogP contribution in [0, 0.1) is 5.92 Å². The Morgan fingerprint density at radius 1 is 1.32 bits per heavy atom. The summed E-state index contributed by atoms with van der Waals surface area (Å²) in [6.45, 7) is 2.38. The topological polar surface area (TPSA) is 29.5 Å². The summed E-state index contributed by atoms with van der Waals surface area (Å²) in [5, 5.41) is 0. The molecule has 1 amide bonds. The van der Waals surface area contributed by atoms with Crippen LogP contribution in [0.2, 0.25) is 0 Å². The minimum Gasteiger partial charge on any atom is -0.445 e. The monoisotopic (exact) mass is 303 g/mol. The average Bonchev–Trinajstić information content (AvgIpc) is 1.91. The second-order valence-electron chi connectivity index (χ2n) is 5.62. The number of carbonyl (C=O) groups excluding carboxylic acids is 1. The van der Waals surface area contributed by atoms with Gasteiger partial charge in [0, 0.05) is 19.0 Å². The van der Waals surface area contributed by atoms with Crippen molar-refractivity contribution in [3.05, 3.63) is 11.5 Å². The van der Waals surface area contributed by atoms with Crippen molar-refractivity contribution in [1.82, 2.24) is 4.90 Å². The first-order valence-electron chi connectivity index (χ1n) is 5.85. The Morgan fingerprint density at radius 3 is 2.16 bits per heavy atom. The quantitative estimate of drug-likeness (QED) is 0.682. The standard InChI is InChI=1S/C11H18BF3NO2.K/c1-8(5-12(13,14)15)9-6-16(7-9)10(17)18-11(2,3)4;/h5,9H,6-7H2,1-4H3;/q-1;+1/b8-5+;. The second-order valence-corrected chi connectivity index (χ2v) is 5.62. The number of carbonyl (C=O) groups is 1. The van der Waals surface area contributed by atoms with E-state index in [2.05, 4.69) is 0 Å². The van der Waals surface area contributed by atoms with Crippen molar-refractivity contribution in [3.63, 3.8) is 0 Å². The van der Waals surface area contributed by atoms with Crippen molar-refractivity contribution in [2.24, 2.45) is 5.92 Å². The van der Waals surface area contributed by atoms with Gasteiger partial charge < -0.3 is 22.6 Å². The van der Waals surface area contributed by atoms with E-state index in [0.29, 0.717) is 19.1 Å². The van der Waals surface area contributed by atoms with Gasteiger partial charge in [0.05, 0.1) is 0 Å². The van der Waals surface area contributed by atoms with Crippen LogP contribution in [0.3, 0.4) is 0 Å². The van der Waals surface area contributed by atoms with Crippen LogP contribution in [0.5, 0.6) is 0 Å². The molecule has 1 aliphatic heterocycles. The van der Waals surface area contributed by atoms with Gasteiger partial charge in [-0.05, 0) is 27.7 Å². The van der Waals surface area contributed by atoms with E-state index in [1.54, 1.807) is 20.8 Å². The summed E-state index contributed by atoms with van der Waals surface area (Å²) in [6, 6.07) is 0. The maximum atomic E-state index is 12.2. The van der Waals surface area contributed by atoms with Gasteiger partial charge in [0.15, 0.2) is 0 Å². The van der Waals surface area contributed by atoms with Crippen LogP contribution in [-0.4, -0.2) is 36.7 Å². The molecule has 0 aliphatic carbocycles. The molecule has 0 radical (unpaired) electrons. The summed E-state index contributed by atoms with van der Waals surface area (Å²) >= 11 is 0. The van der Waals surface area contributed by atoms with Crippen LogP contribution in [0.4, 0.5) is 17.7 Å². The molecule has 3 nitrogen and oxygen atoms in total. The molecule has 1 saturated heterocycles. The zero-order valence-electron chi connectivity index (χ0n) is 12.0. The van der Waals surface area contributed by atoms with E-state index in [1.807, 2.05) is 0 Å². The van der Waals surface area contributed by atoms with Crippen LogP contribution < -0.4 is 51.4 Å². The maximum absolute atomic E-state index is 12.2. The number of likely N-dealkylation sites (tertiary alicyclic amines) is 1. The van der Waals surface area contributed by atoms with E-state index >= 15 is 0 Å². The first-order chi connectivity index (χ1) is 7.98. The minimum absolute atomic E-state index is 0. The van der Waals surface area contributed by atoms with Gasteiger partial charge in [-0.3, -0.25) is 0 Å². The Hall–Kier alpha value is 0.501. The number of nitrogens with zero attached hydrogens (tertiary/aromatic N) is 1. The molecule has 0 spiro atoms. The summed E-state index contributed by atoms with van der Waals surface area (Å²) < 4.78 is 41.7. The van der Waals surface area contributed by atoms with E-state index in [4.69, 9.17) is 4.74 Å². The van der Waals surface area contributed by atoms with Gasteiger partial charge in [-0.25, -0.2) is 4.79 Å². The van der Waals surface area contributed by atoms with Crippen LogP contribution in [0.15, 0.2) is 11.5 Å². The first-order valence-corrected chi connectivity index (χ1v) is 5.85. The molecule has 0 N–H and O–H groups in total. The van der Waals surface area contributed by atoms with Crippen molar-refractivity contribution in [3.8, 4) is 0 Å². The van der Waals surface area contributed by atoms with Gasteiger partial charge in [-0.2, -0.15) is 0 Å². The number of ether oxygens (including phenoxy) is 1. The van der Waals surface area contributed by atoms with E-state index in [1.165, 1.54) is 11.8 Å². The molecule has 0 saturated carbocycles. The minimum atomic E-state index is -4.90. The Morgan fingerprint density at radius 2 is 1.79 bits per heavy atom. The molecule has 19 heavy (non-hydrogen) atoms. The zero-order valence-corrected chi connectivity index (χ0v) is 15.2. The summed E-state index contributed by atoms with van der Waals surface area (Å²) in [5.74, 6) is 0.151. The van der Waals surface area contributed by atoms with Crippen LogP contribution >= 0.6 is 0 Å². The fraction of sp³-hybridized carbons (Fsp3) is 0.727. The predicted octanol–water partition coefficient (Wildman–Crippen LogP) is 0.190. The van der Waals surface area contributed by atoms with E-state index in [-0.39, 0.29) is 62.9 Å². The normalized spacial score (nSPS) is 17.6. The van der Waals surface area contributed by atoms with Crippen LogP contribution in [0.1, 0.15) is 27.7 Å². The molecule has 8 heteroatoms. The maximum Gasteiger partial charge on any atom is 1.00 e. The molecule has 0 aromatic heterocycles. The third-order valence-electron chi connectivity index (χ3n) is 2.63. The van der Waals surface area contributed by atoms with Crippen LogP contribution in [0.25, 0.3) is 0 Å².